The van der Waals surface area contributed by atoms with E-state index in [-0.39, 0.29) is 29.7 Å². The van der Waals surface area contributed by atoms with Crippen LogP contribution in [0.25, 0.3) is 0 Å². The van der Waals surface area contributed by atoms with Crippen LogP contribution in [0, 0.1) is 17.8 Å². The molecule has 0 bridgehead atoms. The Morgan fingerprint density at radius 2 is 1.57 bits per heavy atom. The Bertz CT molecular complexity index is 483. The van der Waals surface area contributed by atoms with E-state index in [1.807, 2.05) is 13.8 Å². The van der Waals surface area contributed by atoms with Gasteiger partial charge in [-0.2, -0.15) is 0 Å². The highest BCUT2D eigenvalue weighted by atomic mass is 16.5. The second kappa shape index (κ2) is 13.7. The zero-order valence-electron chi connectivity index (χ0n) is 18.2. The van der Waals surface area contributed by atoms with Crippen LogP contribution >= 0.6 is 0 Å². The third-order valence-electron chi connectivity index (χ3n) is 5.11. The monoisotopic (exact) mass is 396 g/mol. The van der Waals surface area contributed by atoms with Crippen LogP contribution in [0.4, 0.5) is 0 Å². The molecule has 1 fully saturated rings. The Labute approximate surface area is 170 Å². The zero-order valence-corrected chi connectivity index (χ0v) is 18.2. The van der Waals surface area contributed by atoms with Crippen LogP contribution < -0.4 is 10.6 Å². The molecular weight excluding hydrogens is 356 g/mol. The second-order valence-electron chi connectivity index (χ2n) is 8.70. The smallest absolute Gasteiger partial charge is 0.220 e. The van der Waals surface area contributed by atoms with E-state index in [4.69, 9.17) is 4.74 Å². The van der Waals surface area contributed by atoms with Crippen molar-refractivity contribution in [2.45, 2.75) is 85.1 Å². The first-order valence-electron chi connectivity index (χ1n) is 11.0. The van der Waals surface area contributed by atoms with Gasteiger partial charge < -0.3 is 15.4 Å². The molecule has 0 aliphatic heterocycles. The third kappa shape index (κ3) is 10.8. The lowest BCUT2D eigenvalue weighted by Gasteiger charge is -2.29. The van der Waals surface area contributed by atoms with Gasteiger partial charge in [0.1, 0.15) is 5.78 Å². The van der Waals surface area contributed by atoms with Crippen molar-refractivity contribution in [3.63, 3.8) is 0 Å². The summed E-state index contributed by atoms with van der Waals surface area (Å²) < 4.78 is 5.47. The maximum absolute atomic E-state index is 12.1. The predicted octanol–water partition coefficient (Wildman–Crippen LogP) is 3.24. The van der Waals surface area contributed by atoms with Gasteiger partial charge in [-0.25, -0.2) is 0 Å². The lowest BCUT2D eigenvalue weighted by molar-refractivity contribution is -0.127. The van der Waals surface area contributed by atoms with Crippen LogP contribution in [-0.4, -0.2) is 43.4 Å². The van der Waals surface area contributed by atoms with Crippen LogP contribution in [-0.2, 0) is 19.1 Å². The van der Waals surface area contributed by atoms with Gasteiger partial charge in [0.25, 0.3) is 0 Å². The Balaban J connectivity index is 2.05. The highest BCUT2D eigenvalue weighted by Gasteiger charge is 2.28. The number of carbonyl (C=O) groups excluding carboxylic acids is 3. The first-order valence-corrected chi connectivity index (χ1v) is 11.0. The van der Waals surface area contributed by atoms with Crippen LogP contribution in [0.3, 0.4) is 0 Å². The van der Waals surface area contributed by atoms with Gasteiger partial charge in [0, 0.05) is 50.5 Å². The Morgan fingerprint density at radius 3 is 2.18 bits per heavy atom. The Hall–Kier alpha value is -1.43. The van der Waals surface area contributed by atoms with E-state index >= 15 is 0 Å². The molecule has 0 aromatic heterocycles. The average Bonchev–Trinajstić information content (AvgIpc) is 2.64. The summed E-state index contributed by atoms with van der Waals surface area (Å²) in [7, 11) is 0. The molecule has 6 heteroatoms. The van der Waals surface area contributed by atoms with E-state index < -0.39 is 0 Å². The van der Waals surface area contributed by atoms with Crippen molar-refractivity contribution in [1.82, 2.24) is 10.6 Å². The summed E-state index contributed by atoms with van der Waals surface area (Å²) in [6.45, 7) is 10.1. The molecule has 0 atom stereocenters. The topological polar surface area (TPSA) is 84.5 Å². The molecule has 0 spiro atoms. The summed E-state index contributed by atoms with van der Waals surface area (Å²) in [5, 5.41) is 5.93. The van der Waals surface area contributed by atoms with E-state index in [0.717, 1.165) is 38.7 Å². The summed E-state index contributed by atoms with van der Waals surface area (Å²) in [4.78, 5) is 35.9. The number of nitrogens with one attached hydrogen (secondary N) is 2. The van der Waals surface area contributed by atoms with Gasteiger partial charge in [-0.05, 0) is 44.4 Å². The number of hydrogen-bond acceptors (Lipinski definition) is 4. The van der Waals surface area contributed by atoms with Gasteiger partial charge in [-0.1, -0.05) is 27.7 Å². The van der Waals surface area contributed by atoms with Crippen molar-refractivity contribution >= 4 is 17.6 Å². The van der Waals surface area contributed by atoms with Crippen LogP contribution in [0.15, 0.2) is 0 Å². The van der Waals surface area contributed by atoms with Gasteiger partial charge in [0.2, 0.25) is 11.8 Å². The van der Waals surface area contributed by atoms with Crippen LogP contribution in [0.2, 0.25) is 0 Å². The third-order valence-corrected chi connectivity index (χ3v) is 5.11. The summed E-state index contributed by atoms with van der Waals surface area (Å²) >= 11 is 0. The van der Waals surface area contributed by atoms with Gasteiger partial charge in [-0.15, -0.1) is 0 Å². The largest absolute Gasteiger partial charge is 0.381 e. The van der Waals surface area contributed by atoms with E-state index in [0.29, 0.717) is 44.1 Å². The number of amides is 2. The quantitative estimate of drug-likeness (QED) is 0.468. The highest BCUT2D eigenvalue weighted by molar-refractivity contribution is 5.83. The van der Waals surface area contributed by atoms with Crippen LogP contribution in [0.1, 0.15) is 79.1 Å². The molecule has 6 nitrogen and oxygen atoms in total. The number of ether oxygens (including phenoxy) is 1. The minimum Gasteiger partial charge on any atom is -0.381 e. The summed E-state index contributed by atoms with van der Waals surface area (Å²) in [6, 6.07) is 0.170. The molecule has 0 saturated heterocycles. The van der Waals surface area contributed by atoms with E-state index in [1.165, 1.54) is 0 Å². The fraction of sp³-hybridized carbons (Fsp3) is 0.864. The minimum absolute atomic E-state index is 0.00789. The predicted molar refractivity (Wildman–Crippen MR) is 111 cm³/mol. The number of Topliss-reactive ketones (excluding diaryl/α,β-unsaturated/α-hetero) is 1. The normalized spacial score (nSPS) is 19.6. The second-order valence-corrected chi connectivity index (χ2v) is 8.70. The fourth-order valence-corrected chi connectivity index (χ4v) is 3.51. The Kier molecular flexibility index (Phi) is 12.0. The average molecular weight is 397 g/mol. The zero-order chi connectivity index (χ0) is 20.9. The van der Waals surface area contributed by atoms with Gasteiger partial charge in [0.05, 0.1) is 0 Å². The summed E-state index contributed by atoms with van der Waals surface area (Å²) in [6.07, 6.45) is 5.58. The molecular formula is C22H40N2O4. The SMILES string of the molecule is CC(C)COCCCNC(=O)CCCC(=O)N[C@H]1CC[C@H](C(=O)C(C)C)CC1. The number of rotatable bonds is 13. The maximum atomic E-state index is 12.1. The molecule has 162 valence electrons. The lowest BCUT2D eigenvalue weighted by Crippen LogP contribution is -2.39. The molecule has 2 N–H and O–H groups in total. The van der Waals surface area contributed by atoms with Crippen molar-refractivity contribution < 1.29 is 19.1 Å². The van der Waals surface area contributed by atoms with Gasteiger partial charge in [-0.3, -0.25) is 14.4 Å². The first-order chi connectivity index (χ1) is 13.3. The van der Waals surface area contributed by atoms with Crippen molar-refractivity contribution in [2.24, 2.45) is 17.8 Å². The van der Waals surface area contributed by atoms with Crippen molar-refractivity contribution in [3.05, 3.63) is 0 Å². The standard InChI is InChI=1S/C22H40N2O4/c1-16(2)15-28-14-6-13-23-20(25)7-5-8-21(26)24-19-11-9-18(10-12-19)22(27)17(3)4/h16-19H,5-15H2,1-4H3,(H,23,25)(H,24,26)/t18-,19-. The van der Waals surface area contributed by atoms with Gasteiger partial charge in [0.15, 0.2) is 0 Å². The Morgan fingerprint density at radius 1 is 0.929 bits per heavy atom. The van der Waals surface area contributed by atoms with Gasteiger partial charge >= 0.3 is 0 Å². The summed E-state index contributed by atoms with van der Waals surface area (Å²) in [5.74, 6) is 1.13. The van der Waals surface area contributed by atoms with E-state index in [1.54, 1.807) is 0 Å². The molecule has 2 amide bonds. The molecule has 1 aliphatic rings. The van der Waals surface area contributed by atoms with Crippen LogP contribution in [0.5, 0.6) is 0 Å². The number of ketones is 1. The first kappa shape index (κ1) is 24.6. The van der Waals surface area contributed by atoms with Crippen molar-refractivity contribution in [1.29, 1.82) is 0 Å². The van der Waals surface area contributed by atoms with E-state index in [2.05, 4.69) is 24.5 Å². The molecule has 0 unspecified atom stereocenters. The van der Waals surface area contributed by atoms with Crippen molar-refractivity contribution in [2.75, 3.05) is 19.8 Å². The molecule has 1 saturated carbocycles. The number of carbonyl (C=O) groups is 3. The molecule has 0 aromatic rings. The summed E-state index contributed by atoms with van der Waals surface area (Å²) in [5.41, 5.74) is 0. The number of hydrogen-bond donors (Lipinski definition) is 2. The maximum Gasteiger partial charge on any atom is 0.220 e. The highest BCUT2D eigenvalue weighted by Crippen LogP contribution is 2.27. The molecule has 1 rings (SSSR count). The molecule has 0 radical (unpaired) electrons. The molecule has 0 aromatic carbocycles. The molecule has 1 aliphatic carbocycles. The lowest BCUT2D eigenvalue weighted by atomic mass is 9.80. The van der Waals surface area contributed by atoms with E-state index in [9.17, 15) is 14.4 Å². The molecule has 0 heterocycles. The van der Waals surface area contributed by atoms with Crippen molar-refractivity contribution in [3.8, 4) is 0 Å². The molecule has 28 heavy (non-hydrogen) atoms. The minimum atomic E-state index is -0.00985. The fourth-order valence-electron chi connectivity index (χ4n) is 3.51.